The fraction of sp³-hybridized carbons (Fsp3) is 0.667. The highest BCUT2D eigenvalue weighted by atomic mass is 32.1. The number of anilines is 1. The smallest absolute Gasteiger partial charge is 0.307 e. The van der Waals surface area contributed by atoms with E-state index in [1.807, 2.05) is 5.38 Å². The number of carboxylic acid groups (broad SMARTS) is 1. The standard InChI is InChI=1S/C15H22N2O3S/c1-15(2,3)11-8-21-14(16-11)17-12(18)9-6-4-5-7-10(9)13(19)20/h8-10H,4-7H2,1-3H3,(H,19,20)(H,16,17,18). The van der Waals surface area contributed by atoms with Crippen LogP contribution in [0.3, 0.4) is 0 Å². The van der Waals surface area contributed by atoms with E-state index in [0.717, 1.165) is 18.5 Å². The molecule has 1 aromatic rings. The third kappa shape index (κ3) is 3.81. The molecule has 1 aliphatic rings. The minimum absolute atomic E-state index is 0.0616. The Kier molecular flexibility index (Phi) is 4.66. The molecule has 2 rings (SSSR count). The number of carbonyl (C=O) groups excluding carboxylic acids is 1. The van der Waals surface area contributed by atoms with Crippen molar-refractivity contribution in [2.24, 2.45) is 11.8 Å². The van der Waals surface area contributed by atoms with Crippen molar-refractivity contribution in [3.8, 4) is 0 Å². The quantitative estimate of drug-likeness (QED) is 0.898. The average Bonchev–Trinajstić information content (AvgIpc) is 2.87. The normalized spacial score (nSPS) is 22.8. The maximum atomic E-state index is 12.3. The van der Waals surface area contributed by atoms with Gasteiger partial charge in [-0.05, 0) is 12.8 Å². The summed E-state index contributed by atoms with van der Waals surface area (Å²) in [6, 6.07) is 0. The van der Waals surface area contributed by atoms with Crippen molar-refractivity contribution in [1.82, 2.24) is 4.98 Å². The van der Waals surface area contributed by atoms with Crippen molar-refractivity contribution in [1.29, 1.82) is 0 Å². The maximum absolute atomic E-state index is 12.3. The minimum Gasteiger partial charge on any atom is -0.481 e. The molecule has 1 heterocycles. The highest BCUT2D eigenvalue weighted by Gasteiger charge is 2.36. The number of nitrogens with one attached hydrogen (secondary N) is 1. The van der Waals surface area contributed by atoms with Gasteiger partial charge in [-0.25, -0.2) is 4.98 Å². The summed E-state index contributed by atoms with van der Waals surface area (Å²) in [5.74, 6) is -2.10. The van der Waals surface area contributed by atoms with Gasteiger partial charge in [0.05, 0.1) is 17.5 Å². The van der Waals surface area contributed by atoms with Crippen LogP contribution in [0.4, 0.5) is 5.13 Å². The Morgan fingerprint density at radius 3 is 2.43 bits per heavy atom. The largest absolute Gasteiger partial charge is 0.481 e. The topological polar surface area (TPSA) is 79.3 Å². The molecule has 0 saturated heterocycles. The van der Waals surface area contributed by atoms with Gasteiger partial charge in [0, 0.05) is 10.8 Å². The molecule has 0 radical (unpaired) electrons. The van der Waals surface area contributed by atoms with Crippen LogP contribution in [0.5, 0.6) is 0 Å². The molecule has 1 aliphatic carbocycles. The molecule has 1 amide bonds. The van der Waals surface area contributed by atoms with Crippen molar-refractivity contribution < 1.29 is 14.7 Å². The molecule has 0 bridgehead atoms. The van der Waals surface area contributed by atoms with Crippen LogP contribution in [0, 0.1) is 11.8 Å². The van der Waals surface area contributed by atoms with E-state index < -0.39 is 17.8 Å². The number of rotatable bonds is 3. The van der Waals surface area contributed by atoms with Crippen LogP contribution >= 0.6 is 11.3 Å². The molecule has 5 nitrogen and oxygen atoms in total. The average molecular weight is 310 g/mol. The van der Waals surface area contributed by atoms with Crippen molar-refractivity contribution in [2.75, 3.05) is 5.32 Å². The van der Waals surface area contributed by atoms with Crippen LogP contribution in [-0.4, -0.2) is 22.0 Å². The molecule has 0 aromatic carbocycles. The lowest BCUT2D eigenvalue weighted by Gasteiger charge is -2.27. The van der Waals surface area contributed by atoms with Crippen molar-refractivity contribution in [2.45, 2.75) is 51.9 Å². The van der Waals surface area contributed by atoms with Gasteiger partial charge in [0.25, 0.3) is 0 Å². The van der Waals surface area contributed by atoms with Crippen LogP contribution in [-0.2, 0) is 15.0 Å². The summed E-state index contributed by atoms with van der Waals surface area (Å²) in [7, 11) is 0. The second kappa shape index (κ2) is 6.13. The zero-order chi connectivity index (χ0) is 15.6. The second-order valence-electron chi connectivity index (χ2n) is 6.61. The van der Waals surface area contributed by atoms with Crippen LogP contribution in [0.2, 0.25) is 0 Å². The highest BCUT2D eigenvalue weighted by molar-refractivity contribution is 7.13. The number of hydrogen-bond acceptors (Lipinski definition) is 4. The molecule has 116 valence electrons. The number of aromatic nitrogens is 1. The Bertz CT molecular complexity index is 533. The van der Waals surface area contributed by atoms with Gasteiger partial charge in [0.1, 0.15) is 0 Å². The molecule has 6 heteroatoms. The summed E-state index contributed by atoms with van der Waals surface area (Å²) in [5.41, 5.74) is 0.870. The molecule has 1 saturated carbocycles. The van der Waals surface area contributed by atoms with Gasteiger partial charge in [-0.3, -0.25) is 9.59 Å². The third-order valence-electron chi connectivity index (χ3n) is 3.92. The van der Waals surface area contributed by atoms with E-state index in [0.29, 0.717) is 18.0 Å². The lowest BCUT2D eigenvalue weighted by atomic mass is 9.79. The number of amides is 1. The monoisotopic (exact) mass is 310 g/mol. The second-order valence-corrected chi connectivity index (χ2v) is 7.47. The molecule has 2 atom stereocenters. The van der Waals surface area contributed by atoms with E-state index in [1.54, 1.807) is 0 Å². The first-order chi connectivity index (χ1) is 9.79. The zero-order valence-corrected chi connectivity index (χ0v) is 13.5. The van der Waals surface area contributed by atoms with Crippen LogP contribution in [0.1, 0.15) is 52.1 Å². The van der Waals surface area contributed by atoms with Crippen molar-refractivity contribution in [3.05, 3.63) is 11.1 Å². The van der Waals surface area contributed by atoms with E-state index in [4.69, 9.17) is 0 Å². The van der Waals surface area contributed by atoms with E-state index in [1.165, 1.54) is 11.3 Å². The molecule has 2 unspecified atom stereocenters. The van der Waals surface area contributed by atoms with Crippen LogP contribution in [0.15, 0.2) is 5.38 Å². The maximum Gasteiger partial charge on any atom is 0.307 e. The molecular formula is C15H22N2O3S. The lowest BCUT2D eigenvalue weighted by molar-refractivity contribution is -0.147. The fourth-order valence-corrected chi connectivity index (χ4v) is 3.55. The molecule has 0 aliphatic heterocycles. The van der Waals surface area contributed by atoms with Gasteiger partial charge in [-0.2, -0.15) is 0 Å². The van der Waals surface area contributed by atoms with Gasteiger partial charge in [0.15, 0.2) is 5.13 Å². The number of hydrogen-bond donors (Lipinski definition) is 2. The summed E-state index contributed by atoms with van der Waals surface area (Å²) >= 11 is 1.39. The third-order valence-corrected chi connectivity index (χ3v) is 4.68. The molecular weight excluding hydrogens is 288 g/mol. The first-order valence-corrected chi connectivity index (χ1v) is 8.16. The highest BCUT2D eigenvalue weighted by Crippen LogP contribution is 2.32. The van der Waals surface area contributed by atoms with E-state index in [9.17, 15) is 14.7 Å². The Morgan fingerprint density at radius 1 is 1.29 bits per heavy atom. The summed E-state index contributed by atoms with van der Waals surface area (Å²) in [4.78, 5) is 28.0. The summed E-state index contributed by atoms with van der Waals surface area (Å²) in [6.07, 6.45) is 3.01. The van der Waals surface area contributed by atoms with Crippen molar-refractivity contribution >= 4 is 28.3 Å². The summed E-state index contributed by atoms with van der Waals surface area (Å²) < 4.78 is 0. The zero-order valence-electron chi connectivity index (χ0n) is 12.7. The number of thiazole rings is 1. The lowest BCUT2D eigenvalue weighted by Crippen LogP contribution is -2.36. The van der Waals surface area contributed by atoms with Gasteiger partial charge in [0.2, 0.25) is 5.91 Å². The SMILES string of the molecule is CC(C)(C)c1csc(NC(=O)C2CCCCC2C(=O)O)n1. The van der Waals surface area contributed by atoms with Crippen LogP contribution < -0.4 is 5.32 Å². The number of nitrogens with zero attached hydrogens (tertiary/aromatic N) is 1. The molecule has 21 heavy (non-hydrogen) atoms. The summed E-state index contributed by atoms with van der Waals surface area (Å²) in [5, 5.41) is 14.5. The number of carboxylic acids is 1. The van der Waals surface area contributed by atoms with Gasteiger partial charge in [-0.15, -0.1) is 11.3 Å². The Hall–Kier alpha value is -1.43. The van der Waals surface area contributed by atoms with Crippen molar-refractivity contribution in [3.63, 3.8) is 0 Å². The Balaban J connectivity index is 2.06. The molecule has 1 fully saturated rings. The Morgan fingerprint density at radius 2 is 1.90 bits per heavy atom. The number of aliphatic carboxylic acids is 1. The molecule has 0 spiro atoms. The van der Waals surface area contributed by atoms with E-state index in [-0.39, 0.29) is 11.3 Å². The van der Waals surface area contributed by atoms with E-state index in [2.05, 4.69) is 31.1 Å². The first kappa shape index (κ1) is 15.9. The van der Waals surface area contributed by atoms with Crippen LogP contribution in [0.25, 0.3) is 0 Å². The van der Waals surface area contributed by atoms with Gasteiger partial charge in [-0.1, -0.05) is 33.6 Å². The molecule has 1 aromatic heterocycles. The van der Waals surface area contributed by atoms with Gasteiger partial charge >= 0.3 is 5.97 Å². The minimum atomic E-state index is -0.871. The Labute approximate surface area is 128 Å². The fourth-order valence-electron chi connectivity index (χ4n) is 2.61. The van der Waals surface area contributed by atoms with E-state index >= 15 is 0 Å². The number of carbonyl (C=O) groups is 2. The van der Waals surface area contributed by atoms with Gasteiger partial charge < -0.3 is 10.4 Å². The molecule has 2 N–H and O–H groups in total. The first-order valence-electron chi connectivity index (χ1n) is 7.28. The predicted molar refractivity (Wildman–Crippen MR) is 82.5 cm³/mol. The summed E-state index contributed by atoms with van der Waals surface area (Å²) in [6.45, 7) is 6.19. The predicted octanol–water partition coefficient (Wildman–Crippen LogP) is 3.27.